The minimum absolute atomic E-state index is 0.259. The fraction of sp³-hybridized carbons (Fsp3) is 0.148. The van der Waals surface area contributed by atoms with Crippen molar-refractivity contribution < 1.29 is 23.4 Å². The Kier molecular flexibility index (Phi) is 6.95. The van der Waals surface area contributed by atoms with Gasteiger partial charge in [-0.05, 0) is 28.8 Å². The van der Waals surface area contributed by atoms with E-state index in [9.17, 15) is 8.78 Å². The monoisotopic (exact) mass is 447 g/mol. The summed E-state index contributed by atoms with van der Waals surface area (Å²) in [6.07, 6.45) is 0. The zero-order chi connectivity index (χ0) is 23.1. The van der Waals surface area contributed by atoms with E-state index in [0.29, 0.717) is 23.6 Å². The third-order valence-corrected chi connectivity index (χ3v) is 5.08. The van der Waals surface area contributed by atoms with Crippen molar-refractivity contribution in [1.82, 2.24) is 4.98 Å². The number of nitrogens with zero attached hydrogens (tertiary/aromatic N) is 1. The zero-order valence-corrected chi connectivity index (χ0v) is 17.8. The van der Waals surface area contributed by atoms with Crippen LogP contribution in [0, 0.1) is 0 Å². The molecule has 0 spiro atoms. The van der Waals surface area contributed by atoms with Gasteiger partial charge in [-0.1, -0.05) is 78.9 Å². The molecule has 0 aliphatic carbocycles. The summed E-state index contributed by atoms with van der Waals surface area (Å²) in [6, 6.07) is 28.6. The Balaban J connectivity index is 1.64. The molecule has 0 aliphatic heterocycles. The molecular formula is C27H23F2NO3. The highest BCUT2D eigenvalue weighted by atomic mass is 19.3. The van der Waals surface area contributed by atoms with Gasteiger partial charge in [0.25, 0.3) is 5.92 Å². The van der Waals surface area contributed by atoms with E-state index in [-0.39, 0.29) is 18.1 Å². The number of hydrogen-bond acceptors (Lipinski definition) is 4. The van der Waals surface area contributed by atoms with Gasteiger partial charge in [-0.2, -0.15) is 13.8 Å². The second-order valence-electron chi connectivity index (χ2n) is 7.49. The van der Waals surface area contributed by atoms with Gasteiger partial charge in [-0.3, -0.25) is 0 Å². The highest BCUT2D eigenvalue weighted by Gasteiger charge is 2.30. The predicted octanol–water partition coefficient (Wildman–Crippen LogP) is 5.99. The SMILES string of the molecule is OCC(F)(F)c1cccc(-c2ccc(OCc3ccccc3)nc2OCc2ccccc2)c1. The molecule has 4 nitrogen and oxygen atoms in total. The van der Waals surface area contributed by atoms with Crippen LogP contribution in [0.1, 0.15) is 16.7 Å². The predicted molar refractivity (Wildman–Crippen MR) is 122 cm³/mol. The van der Waals surface area contributed by atoms with Crippen molar-refractivity contribution in [3.8, 4) is 22.9 Å². The molecule has 1 aromatic heterocycles. The lowest BCUT2D eigenvalue weighted by molar-refractivity contribution is -0.0555. The first-order valence-electron chi connectivity index (χ1n) is 10.5. The number of pyridine rings is 1. The van der Waals surface area contributed by atoms with Gasteiger partial charge in [0.2, 0.25) is 11.8 Å². The van der Waals surface area contributed by atoms with Crippen molar-refractivity contribution in [2.75, 3.05) is 6.61 Å². The molecule has 6 heteroatoms. The molecule has 33 heavy (non-hydrogen) atoms. The summed E-state index contributed by atoms with van der Waals surface area (Å²) in [5.41, 5.74) is 2.72. The Hall–Kier alpha value is -3.77. The van der Waals surface area contributed by atoms with Crippen LogP contribution in [0.4, 0.5) is 8.78 Å². The first kappa shape index (κ1) is 22.4. The number of aliphatic hydroxyl groups excluding tert-OH is 1. The van der Waals surface area contributed by atoms with Crippen LogP contribution < -0.4 is 9.47 Å². The van der Waals surface area contributed by atoms with Gasteiger partial charge in [0.15, 0.2) is 0 Å². The maximum Gasteiger partial charge on any atom is 0.295 e. The topological polar surface area (TPSA) is 51.6 Å². The van der Waals surface area contributed by atoms with E-state index >= 15 is 0 Å². The molecule has 0 bridgehead atoms. The average Bonchev–Trinajstić information content (AvgIpc) is 2.87. The molecule has 4 aromatic rings. The summed E-state index contributed by atoms with van der Waals surface area (Å²) >= 11 is 0. The average molecular weight is 447 g/mol. The fourth-order valence-electron chi connectivity index (χ4n) is 3.30. The fourth-order valence-corrected chi connectivity index (χ4v) is 3.30. The Bertz CT molecular complexity index is 1180. The van der Waals surface area contributed by atoms with Crippen molar-refractivity contribution in [3.05, 3.63) is 114 Å². The Morgan fingerprint density at radius 2 is 1.36 bits per heavy atom. The number of benzene rings is 3. The molecular weight excluding hydrogens is 424 g/mol. The third-order valence-electron chi connectivity index (χ3n) is 5.08. The zero-order valence-electron chi connectivity index (χ0n) is 17.8. The van der Waals surface area contributed by atoms with Crippen molar-refractivity contribution in [1.29, 1.82) is 0 Å². The Labute approximate surface area is 191 Å². The smallest absolute Gasteiger partial charge is 0.295 e. The Morgan fingerprint density at radius 1 is 0.727 bits per heavy atom. The lowest BCUT2D eigenvalue weighted by Gasteiger charge is -2.16. The highest BCUT2D eigenvalue weighted by molar-refractivity contribution is 5.70. The number of aliphatic hydroxyl groups is 1. The molecule has 3 aromatic carbocycles. The first-order valence-corrected chi connectivity index (χ1v) is 10.5. The summed E-state index contributed by atoms with van der Waals surface area (Å²) in [6.45, 7) is -0.669. The van der Waals surface area contributed by atoms with Crippen LogP contribution in [0.5, 0.6) is 11.8 Å². The molecule has 168 valence electrons. The van der Waals surface area contributed by atoms with E-state index in [2.05, 4.69) is 4.98 Å². The van der Waals surface area contributed by atoms with Crippen LogP contribution in [-0.2, 0) is 19.1 Å². The van der Waals surface area contributed by atoms with Crippen LogP contribution in [0.3, 0.4) is 0 Å². The molecule has 0 amide bonds. The molecule has 0 radical (unpaired) electrons. The quantitative estimate of drug-likeness (QED) is 0.342. The van der Waals surface area contributed by atoms with Crippen LogP contribution in [0.25, 0.3) is 11.1 Å². The molecule has 0 atom stereocenters. The minimum Gasteiger partial charge on any atom is -0.473 e. The van der Waals surface area contributed by atoms with Gasteiger partial charge in [-0.15, -0.1) is 0 Å². The van der Waals surface area contributed by atoms with Crippen LogP contribution in [0.15, 0.2) is 97.1 Å². The van der Waals surface area contributed by atoms with Gasteiger partial charge in [0.05, 0.1) is 0 Å². The van der Waals surface area contributed by atoms with E-state index in [1.54, 1.807) is 18.2 Å². The van der Waals surface area contributed by atoms with Gasteiger partial charge < -0.3 is 14.6 Å². The van der Waals surface area contributed by atoms with Gasteiger partial charge >= 0.3 is 0 Å². The van der Waals surface area contributed by atoms with Crippen molar-refractivity contribution in [2.24, 2.45) is 0 Å². The normalized spacial score (nSPS) is 11.2. The molecule has 0 saturated carbocycles. The van der Waals surface area contributed by atoms with Crippen molar-refractivity contribution in [2.45, 2.75) is 19.1 Å². The number of alkyl halides is 2. The van der Waals surface area contributed by atoms with Crippen molar-refractivity contribution in [3.63, 3.8) is 0 Å². The maximum atomic E-state index is 14.1. The highest BCUT2D eigenvalue weighted by Crippen LogP contribution is 2.35. The van der Waals surface area contributed by atoms with Gasteiger partial charge in [0.1, 0.15) is 19.8 Å². The van der Waals surface area contributed by atoms with Crippen LogP contribution in [0.2, 0.25) is 0 Å². The number of rotatable bonds is 9. The molecule has 4 rings (SSSR count). The van der Waals surface area contributed by atoms with Crippen LogP contribution in [-0.4, -0.2) is 16.7 Å². The number of halogens is 2. The van der Waals surface area contributed by atoms with E-state index in [1.807, 2.05) is 60.7 Å². The van der Waals surface area contributed by atoms with E-state index in [1.165, 1.54) is 18.2 Å². The largest absolute Gasteiger partial charge is 0.473 e. The maximum absolute atomic E-state index is 14.1. The Morgan fingerprint density at radius 3 is 2.00 bits per heavy atom. The minimum atomic E-state index is -3.34. The molecule has 0 aliphatic rings. The second-order valence-corrected chi connectivity index (χ2v) is 7.49. The summed E-state index contributed by atoms with van der Waals surface area (Å²) < 4.78 is 39.9. The van der Waals surface area contributed by atoms with E-state index < -0.39 is 12.5 Å². The van der Waals surface area contributed by atoms with Crippen LogP contribution >= 0.6 is 0 Å². The lowest BCUT2D eigenvalue weighted by atomic mass is 10.0. The summed E-state index contributed by atoms with van der Waals surface area (Å²) in [4.78, 5) is 4.51. The first-order chi connectivity index (χ1) is 16.0. The lowest BCUT2D eigenvalue weighted by Crippen LogP contribution is -2.18. The van der Waals surface area contributed by atoms with E-state index in [4.69, 9.17) is 14.6 Å². The molecule has 0 saturated heterocycles. The van der Waals surface area contributed by atoms with Crippen molar-refractivity contribution >= 4 is 0 Å². The third kappa shape index (κ3) is 5.73. The van der Waals surface area contributed by atoms with Gasteiger partial charge in [0, 0.05) is 17.2 Å². The number of aromatic nitrogens is 1. The summed E-state index contributed by atoms with van der Waals surface area (Å²) in [5, 5.41) is 9.06. The summed E-state index contributed by atoms with van der Waals surface area (Å²) in [7, 11) is 0. The summed E-state index contributed by atoms with van der Waals surface area (Å²) in [5.74, 6) is -2.70. The van der Waals surface area contributed by atoms with Gasteiger partial charge in [-0.25, -0.2) is 0 Å². The van der Waals surface area contributed by atoms with E-state index in [0.717, 1.165) is 11.1 Å². The molecule has 0 unspecified atom stereocenters. The number of ether oxygens (including phenoxy) is 2. The molecule has 1 N–H and O–H groups in total. The standard InChI is InChI=1S/C27H23F2NO3/c28-27(29,19-31)23-13-7-12-22(16-23)24-14-15-25(32-17-20-8-3-1-4-9-20)30-26(24)33-18-21-10-5-2-6-11-21/h1-16,31H,17-19H2. The molecule has 1 heterocycles. The molecule has 0 fully saturated rings. The number of hydrogen-bond donors (Lipinski definition) is 1. The second kappa shape index (κ2) is 10.2.